The molecular weight excluding hydrogens is 540 g/mol. The van der Waals surface area contributed by atoms with E-state index in [0.717, 1.165) is 33.7 Å². The standard InChI is InChI=1S/C33H37ClN2O5/c1-31(2,38)23-11-14-29-27(19-23)25(26-7-5-16-35-28(26)20-41-29)8-6-17-36-18-15-33(39,22-9-12-24(34)13-10-22)32(3,21-36)30(37)40-4/h5,7-14,16,19,38-39H,6,15,17-18,20-21H2,1-4H3/b25-8+. The summed E-state index contributed by atoms with van der Waals surface area (Å²) in [6.45, 7) is 7.28. The van der Waals surface area contributed by atoms with E-state index in [1.807, 2.05) is 30.3 Å². The van der Waals surface area contributed by atoms with Crippen molar-refractivity contribution in [3.05, 3.63) is 99.8 Å². The molecule has 0 saturated carbocycles. The van der Waals surface area contributed by atoms with E-state index in [2.05, 4.69) is 16.0 Å². The molecule has 2 atom stereocenters. The zero-order valence-corrected chi connectivity index (χ0v) is 24.7. The normalized spacial score (nSPS) is 23.7. The fraction of sp³-hybridized carbons (Fsp3) is 0.394. The van der Waals surface area contributed by atoms with Crippen molar-refractivity contribution in [3.63, 3.8) is 0 Å². The largest absolute Gasteiger partial charge is 0.487 e. The fourth-order valence-corrected chi connectivity index (χ4v) is 6.16. The quantitative estimate of drug-likeness (QED) is 0.377. The number of carbonyl (C=O) groups excluding carboxylic acids is 1. The van der Waals surface area contributed by atoms with Crippen LogP contribution in [0.25, 0.3) is 5.57 Å². The monoisotopic (exact) mass is 576 g/mol. The third-order valence-corrected chi connectivity index (χ3v) is 8.77. The molecule has 2 aliphatic heterocycles. The number of halogens is 1. The minimum Gasteiger partial charge on any atom is -0.487 e. The maximum Gasteiger partial charge on any atom is 0.316 e. The van der Waals surface area contributed by atoms with Crippen LogP contribution < -0.4 is 4.74 Å². The fourth-order valence-electron chi connectivity index (χ4n) is 6.04. The van der Waals surface area contributed by atoms with E-state index >= 15 is 0 Å². The second-order valence-electron chi connectivity index (χ2n) is 11.7. The number of rotatable bonds is 6. The van der Waals surface area contributed by atoms with Crippen LogP contribution in [0.1, 0.15) is 61.6 Å². The number of fused-ring (bicyclic) bond motifs is 2. The van der Waals surface area contributed by atoms with Gasteiger partial charge in [0.25, 0.3) is 0 Å². The predicted octanol–water partition coefficient (Wildman–Crippen LogP) is 5.45. The molecule has 0 amide bonds. The smallest absolute Gasteiger partial charge is 0.316 e. The van der Waals surface area contributed by atoms with Crippen LogP contribution in [0.3, 0.4) is 0 Å². The molecular formula is C33H37ClN2O5. The van der Waals surface area contributed by atoms with Crippen LogP contribution in [-0.4, -0.2) is 52.8 Å². The van der Waals surface area contributed by atoms with Crippen LogP contribution in [0.15, 0.2) is 66.9 Å². The van der Waals surface area contributed by atoms with Crippen LogP contribution in [-0.2, 0) is 27.3 Å². The number of likely N-dealkylation sites (tertiary alicyclic amines) is 1. The van der Waals surface area contributed by atoms with Crippen LogP contribution in [0.4, 0.5) is 0 Å². The second kappa shape index (κ2) is 11.2. The highest BCUT2D eigenvalue weighted by molar-refractivity contribution is 6.30. The third kappa shape index (κ3) is 5.52. The molecule has 0 spiro atoms. The number of carbonyl (C=O) groups is 1. The highest BCUT2D eigenvalue weighted by atomic mass is 35.5. The van der Waals surface area contributed by atoms with Gasteiger partial charge in [-0.1, -0.05) is 41.9 Å². The Balaban J connectivity index is 1.44. The Labute approximate surface area is 246 Å². The van der Waals surface area contributed by atoms with Crippen molar-refractivity contribution in [1.82, 2.24) is 9.88 Å². The Bertz CT molecular complexity index is 1470. The third-order valence-electron chi connectivity index (χ3n) is 8.51. The highest BCUT2D eigenvalue weighted by Gasteiger charge is 2.57. The molecule has 8 heteroatoms. The molecule has 41 heavy (non-hydrogen) atoms. The number of piperidine rings is 1. The summed E-state index contributed by atoms with van der Waals surface area (Å²) in [6, 6.07) is 16.8. The average Bonchev–Trinajstić information content (AvgIpc) is 3.11. The number of methoxy groups -OCH3 is 1. The summed E-state index contributed by atoms with van der Waals surface area (Å²) in [4.78, 5) is 19.9. The molecule has 3 heterocycles. The zero-order chi connectivity index (χ0) is 29.4. The van der Waals surface area contributed by atoms with Gasteiger partial charge in [0.1, 0.15) is 23.4 Å². The minimum absolute atomic E-state index is 0.336. The van der Waals surface area contributed by atoms with Crippen LogP contribution >= 0.6 is 11.6 Å². The molecule has 1 aromatic heterocycles. The van der Waals surface area contributed by atoms with Crippen molar-refractivity contribution in [1.29, 1.82) is 0 Å². The molecule has 1 fully saturated rings. The van der Waals surface area contributed by atoms with E-state index in [-0.39, 0.29) is 0 Å². The molecule has 7 nitrogen and oxygen atoms in total. The van der Waals surface area contributed by atoms with Gasteiger partial charge in [-0.05, 0) is 80.6 Å². The Morgan fingerprint density at radius 2 is 1.95 bits per heavy atom. The Kier molecular flexibility index (Phi) is 8.01. The molecule has 0 radical (unpaired) electrons. The first kappa shape index (κ1) is 29.3. The first-order valence-electron chi connectivity index (χ1n) is 13.9. The van der Waals surface area contributed by atoms with Crippen molar-refractivity contribution in [2.75, 3.05) is 26.7 Å². The maximum atomic E-state index is 13.1. The predicted molar refractivity (Wildman–Crippen MR) is 158 cm³/mol. The summed E-state index contributed by atoms with van der Waals surface area (Å²) >= 11 is 6.09. The summed E-state index contributed by atoms with van der Waals surface area (Å²) in [7, 11) is 1.36. The van der Waals surface area contributed by atoms with Crippen molar-refractivity contribution in [3.8, 4) is 5.75 Å². The SMILES string of the molecule is COC(=O)C1(C)CN(CC/C=C2/c3cc(C(C)(C)O)ccc3OCc3ncccc32)CCC1(O)c1ccc(Cl)cc1. The number of ether oxygens (including phenoxy) is 2. The van der Waals surface area contributed by atoms with Gasteiger partial charge < -0.3 is 24.6 Å². The number of nitrogens with zero attached hydrogens (tertiary/aromatic N) is 2. The summed E-state index contributed by atoms with van der Waals surface area (Å²) in [6.07, 6.45) is 5.00. The number of hydrogen-bond donors (Lipinski definition) is 2. The van der Waals surface area contributed by atoms with Gasteiger partial charge in [0, 0.05) is 42.0 Å². The van der Waals surface area contributed by atoms with Crippen molar-refractivity contribution in [2.24, 2.45) is 5.41 Å². The Morgan fingerprint density at radius 3 is 2.66 bits per heavy atom. The molecule has 0 bridgehead atoms. The van der Waals surface area contributed by atoms with E-state index in [0.29, 0.717) is 49.7 Å². The molecule has 1 saturated heterocycles. The van der Waals surface area contributed by atoms with Gasteiger partial charge in [-0.3, -0.25) is 9.78 Å². The summed E-state index contributed by atoms with van der Waals surface area (Å²) < 4.78 is 11.3. The lowest BCUT2D eigenvalue weighted by atomic mass is 9.65. The van der Waals surface area contributed by atoms with Crippen molar-refractivity contribution >= 4 is 23.1 Å². The Hall–Kier alpha value is -3.23. The van der Waals surface area contributed by atoms with E-state index in [9.17, 15) is 15.0 Å². The van der Waals surface area contributed by atoms with Gasteiger partial charge in [-0.25, -0.2) is 0 Å². The number of benzene rings is 2. The minimum atomic E-state index is -1.39. The molecule has 2 unspecified atom stereocenters. The lowest BCUT2D eigenvalue weighted by Crippen LogP contribution is -2.60. The van der Waals surface area contributed by atoms with E-state index in [4.69, 9.17) is 21.1 Å². The molecule has 2 aliphatic rings. The van der Waals surface area contributed by atoms with Gasteiger partial charge in [0.15, 0.2) is 0 Å². The van der Waals surface area contributed by atoms with Gasteiger partial charge >= 0.3 is 5.97 Å². The zero-order valence-electron chi connectivity index (χ0n) is 24.0. The van der Waals surface area contributed by atoms with E-state index in [1.165, 1.54) is 7.11 Å². The van der Waals surface area contributed by atoms with Crippen LogP contribution in [0.2, 0.25) is 5.02 Å². The van der Waals surface area contributed by atoms with E-state index in [1.54, 1.807) is 51.2 Å². The van der Waals surface area contributed by atoms with Crippen molar-refractivity contribution in [2.45, 2.75) is 51.4 Å². The lowest BCUT2D eigenvalue weighted by molar-refractivity contribution is -0.186. The van der Waals surface area contributed by atoms with Gasteiger partial charge in [0.2, 0.25) is 0 Å². The average molecular weight is 577 g/mol. The van der Waals surface area contributed by atoms with Crippen LogP contribution in [0.5, 0.6) is 5.75 Å². The lowest BCUT2D eigenvalue weighted by Gasteiger charge is -2.50. The molecule has 2 N–H and O–H groups in total. The van der Waals surface area contributed by atoms with Gasteiger partial charge in [-0.2, -0.15) is 0 Å². The molecule has 2 aromatic carbocycles. The molecule has 3 aromatic rings. The van der Waals surface area contributed by atoms with E-state index < -0.39 is 22.6 Å². The number of pyridine rings is 1. The first-order valence-corrected chi connectivity index (χ1v) is 14.3. The number of esters is 1. The summed E-state index contributed by atoms with van der Waals surface area (Å²) in [5, 5.41) is 23.2. The Morgan fingerprint density at radius 1 is 1.20 bits per heavy atom. The molecule has 5 rings (SSSR count). The summed E-state index contributed by atoms with van der Waals surface area (Å²) in [5.41, 5.74) is 1.62. The topological polar surface area (TPSA) is 92.1 Å². The number of hydrogen-bond acceptors (Lipinski definition) is 7. The number of aliphatic hydroxyl groups is 2. The van der Waals surface area contributed by atoms with Gasteiger partial charge in [0.05, 0.1) is 18.4 Å². The number of aromatic nitrogens is 1. The molecule has 216 valence electrons. The first-order chi connectivity index (χ1) is 19.5. The summed E-state index contributed by atoms with van der Waals surface area (Å²) in [5.74, 6) is 0.290. The maximum absolute atomic E-state index is 13.1. The van der Waals surface area contributed by atoms with Crippen molar-refractivity contribution < 1.29 is 24.5 Å². The highest BCUT2D eigenvalue weighted by Crippen LogP contribution is 2.47. The second-order valence-corrected chi connectivity index (χ2v) is 12.1. The van der Waals surface area contributed by atoms with Gasteiger partial charge in [-0.15, -0.1) is 0 Å². The van der Waals surface area contributed by atoms with Crippen LogP contribution in [0, 0.1) is 5.41 Å². The molecule has 0 aliphatic carbocycles.